The highest BCUT2D eigenvalue weighted by molar-refractivity contribution is 5.59. The van der Waals surface area contributed by atoms with E-state index < -0.39 is 0 Å². The van der Waals surface area contributed by atoms with Gasteiger partial charge in [-0.15, -0.1) is 0 Å². The summed E-state index contributed by atoms with van der Waals surface area (Å²) in [5.41, 5.74) is 3.55. The topological polar surface area (TPSA) is 12.0 Å². The Bertz CT molecular complexity index is 404. The van der Waals surface area contributed by atoms with Gasteiger partial charge in [0.25, 0.3) is 0 Å². The summed E-state index contributed by atoms with van der Waals surface area (Å²) in [6.45, 7) is 9.69. The maximum absolute atomic E-state index is 13.4. The average molecular weight is 221 g/mol. The third-order valence-corrected chi connectivity index (χ3v) is 3.60. The molecule has 0 saturated heterocycles. The van der Waals surface area contributed by atoms with E-state index in [9.17, 15) is 4.39 Å². The molecule has 88 valence electrons. The first-order valence-corrected chi connectivity index (χ1v) is 5.91. The molecule has 0 radical (unpaired) electrons. The van der Waals surface area contributed by atoms with E-state index in [1.165, 1.54) is 0 Å². The largest absolute Gasteiger partial charge is 0.384 e. The Labute approximate surface area is 97.1 Å². The van der Waals surface area contributed by atoms with Crippen molar-refractivity contribution >= 4 is 5.69 Å². The van der Waals surface area contributed by atoms with E-state index in [0.717, 1.165) is 29.8 Å². The van der Waals surface area contributed by atoms with Crippen molar-refractivity contribution in [2.24, 2.45) is 11.3 Å². The first-order valence-electron chi connectivity index (χ1n) is 5.91. The van der Waals surface area contributed by atoms with E-state index in [1.807, 2.05) is 6.92 Å². The van der Waals surface area contributed by atoms with Crippen LogP contribution in [0, 0.1) is 24.1 Å². The Morgan fingerprint density at radius 2 is 2.00 bits per heavy atom. The Hall–Kier alpha value is -1.05. The molecule has 0 spiro atoms. The number of benzene rings is 1. The van der Waals surface area contributed by atoms with E-state index in [2.05, 4.69) is 26.1 Å². The number of aryl methyl sites for hydroxylation is 1. The summed E-state index contributed by atoms with van der Waals surface area (Å²) in [7, 11) is 0. The molecule has 16 heavy (non-hydrogen) atoms. The lowest BCUT2D eigenvalue weighted by atomic mass is 9.75. The van der Waals surface area contributed by atoms with Crippen LogP contribution >= 0.6 is 0 Å². The molecule has 2 rings (SSSR count). The second kappa shape index (κ2) is 3.76. The molecular formula is C14H20FN. The molecule has 1 unspecified atom stereocenters. The summed E-state index contributed by atoms with van der Waals surface area (Å²) >= 11 is 0. The van der Waals surface area contributed by atoms with Gasteiger partial charge in [-0.2, -0.15) is 0 Å². The molecule has 1 aromatic carbocycles. The number of rotatable bonds is 0. The number of hydrogen-bond donors (Lipinski definition) is 1. The number of hydrogen-bond acceptors (Lipinski definition) is 1. The van der Waals surface area contributed by atoms with Crippen LogP contribution in [0.15, 0.2) is 12.1 Å². The molecule has 1 atom stereocenters. The van der Waals surface area contributed by atoms with Crippen molar-refractivity contribution in [3.8, 4) is 0 Å². The third kappa shape index (κ3) is 2.06. The maximum atomic E-state index is 13.4. The predicted molar refractivity (Wildman–Crippen MR) is 66.3 cm³/mol. The van der Waals surface area contributed by atoms with Gasteiger partial charge in [-0.25, -0.2) is 4.39 Å². The lowest BCUT2D eigenvalue weighted by Gasteiger charge is -2.36. The van der Waals surface area contributed by atoms with Crippen molar-refractivity contribution < 1.29 is 4.39 Å². The molecule has 1 aromatic rings. The fraction of sp³-hybridized carbons (Fsp3) is 0.571. The van der Waals surface area contributed by atoms with E-state index >= 15 is 0 Å². The van der Waals surface area contributed by atoms with Crippen LogP contribution < -0.4 is 5.32 Å². The summed E-state index contributed by atoms with van der Waals surface area (Å²) in [5.74, 6) is 0.453. The van der Waals surface area contributed by atoms with E-state index in [0.29, 0.717) is 5.92 Å². The van der Waals surface area contributed by atoms with Gasteiger partial charge in [-0.1, -0.05) is 20.8 Å². The van der Waals surface area contributed by atoms with Crippen LogP contribution in [-0.2, 0) is 6.42 Å². The standard InChI is InChI=1S/C14H20FN/c1-9-5-12(15)7-10-6-11(14(2,3)4)8-16-13(9)10/h5,7,11,16H,6,8H2,1-4H3. The van der Waals surface area contributed by atoms with Crippen molar-refractivity contribution in [3.63, 3.8) is 0 Å². The van der Waals surface area contributed by atoms with Gasteiger partial charge in [-0.3, -0.25) is 0 Å². The zero-order chi connectivity index (χ0) is 11.9. The molecule has 0 aromatic heterocycles. The molecule has 0 aliphatic carbocycles. The fourth-order valence-electron chi connectivity index (χ4n) is 2.40. The quantitative estimate of drug-likeness (QED) is 0.703. The molecular weight excluding hydrogens is 201 g/mol. The lowest BCUT2D eigenvalue weighted by molar-refractivity contribution is 0.247. The van der Waals surface area contributed by atoms with Crippen LogP contribution in [0.2, 0.25) is 0 Å². The SMILES string of the molecule is Cc1cc(F)cc2c1NCC(C(C)(C)C)C2. The molecule has 0 amide bonds. The minimum atomic E-state index is -0.118. The van der Waals surface area contributed by atoms with E-state index in [1.54, 1.807) is 12.1 Å². The van der Waals surface area contributed by atoms with Crippen molar-refractivity contribution in [3.05, 3.63) is 29.1 Å². The number of anilines is 1. The van der Waals surface area contributed by atoms with Crippen LogP contribution in [0.5, 0.6) is 0 Å². The predicted octanol–water partition coefficient (Wildman–Crippen LogP) is 3.76. The molecule has 0 fully saturated rings. The van der Waals surface area contributed by atoms with Gasteiger partial charge in [0.15, 0.2) is 0 Å². The highest BCUT2D eigenvalue weighted by atomic mass is 19.1. The van der Waals surface area contributed by atoms with Gasteiger partial charge in [0.1, 0.15) is 5.82 Å². The fourth-order valence-corrected chi connectivity index (χ4v) is 2.40. The van der Waals surface area contributed by atoms with Gasteiger partial charge < -0.3 is 5.32 Å². The van der Waals surface area contributed by atoms with Crippen LogP contribution in [-0.4, -0.2) is 6.54 Å². The molecule has 1 heterocycles. The number of halogens is 1. The molecule has 1 N–H and O–H groups in total. The van der Waals surface area contributed by atoms with Crippen molar-refractivity contribution in [1.29, 1.82) is 0 Å². The second-order valence-electron chi connectivity index (χ2n) is 5.90. The Balaban J connectivity index is 2.34. The zero-order valence-electron chi connectivity index (χ0n) is 10.5. The van der Waals surface area contributed by atoms with Gasteiger partial charge >= 0.3 is 0 Å². The van der Waals surface area contributed by atoms with Gasteiger partial charge in [0, 0.05) is 12.2 Å². The first-order chi connectivity index (χ1) is 7.38. The lowest BCUT2D eigenvalue weighted by Crippen LogP contribution is -2.33. The molecule has 1 aliphatic rings. The summed E-state index contributed by atoms with van der Waals surface area (Å²) < 4.78 is 13.4. The molecule has 0 saturated carbocycles. The molecule has 2 heteroatoms. The normalized spacial score (nSPS) is 20.2. The highest BCUT2D eigenvalue weighted by Crippen LogP contribution is 2.36. The van der Waals surface area contributed by atoms with Crippen molar-refractivity contribution in [2.75, 3.05) is 11.9 Å². The van der Waals surface area contributed by atoms with Gasteiger partial charge in [0.2, 0.25) is 0 Å². The molecule has 0 bridgehead atoms. The van der Waals surface area contributed by atoms with Crippen molar-refractivity contribution in [2.45, 2.75) is 34.1 Å². The maximum Gasteiger partial charge on any atom is 0.123 e. The van der Waals surface area contributed by atoms with Gasteiger partial charge in [-0.05, 0) is 47.9 Å². The summed E-state index contributed by atoms with van der Waals surface area (Å²) in [6.07, 6.45) is 0.977. The second-order valence-corrected chi connectivity index (χ2v) is 5.90. The highest BCUT2D eigenvalue weighted by Gasteiger charge is 2.29. The molecule has 1 nitrogen and oxygen atoms in total. The summed E-state index contributed by atoms with van der Waals surface area (Å²) in [6, 6.07) is 3.27. The Morgan fingerprint density at radius 3 is 2.62 bits per heavy atom. The summed E-state index contributed by atoms with van der Waals surface area (Å²) in [4.78, 5) is 0. The van der Waals surface area contributed by atoms with E-state index in [-0.39, 0.29) is 11.2 Å². The van der Waals surface area contributed by atoms with E-state index in [4.69, 9.17) is 0 Å². The van der Waals surface area contributed by atoms with Gasteiger partial charge in [0.05, 0.1) is 0 Å². The van der Waals surface area contributed by atoms with Crippen LogP contribution in [0.3, 0.4) is 0 Å². The monoisotopic (exact) mass is 221 g/mol. The first kappa shape index (κ1) is 11.4. The Kier molecular flexibility index (Phi) is 2.69. The minimum absolute atomic E-state index is 0.118. The van der Waals surface area contributed by atoms with Crippen molar-refractivity contribution in [1.82, 2.24) is 0 Å². The Morgan fingerprint density at radius 1 is 1.31 bits per heavy atom. The minimum Gasteiger partial charge on any atom is -0.384 e. The van der Waals surface area contributed by atoms with Crippen LogP contribution in [0.25, 0.3) is 0 Å². The average Bonchev–Trinajstić information content (AvgIpc) is 2.15. The third-order valence-electron chi connectivity index (χ3n) is 3.60. The number of nitrogens with one attached hydrogen (secondary N) is 1. The number of fused-ring (bicyclic) bond motifs is 1. The van der Waals surface area contributed by atoms with Crippen LogP contribution in [0.1, 0.15) is 31.9 Å². The zero-order valence-corrected chi connectivity index (χ0v) is 10.5. The smallest absolute Gasteiger partial charge is 0.123 e. The molecule has 1 aliphatic heterocycles. The summed E-state index contributed by atoms with van der Waals surface area (Å²) in [5, 5.41) is 3.45. The van der Waals surface area contributed by atoms with Crippen LogP contribution in [0.4, 0.5) is 10.1 Å².